The van der Waals surface area contributed by atoms with Gasteiger partial charge in [0.05, 0.1) is 6.33 Å². The van der Waals surface area contributed by atoms with Crippen LogP contribution in [0, 0.1) is 12.3 Å². The highest BCUT2D eigenvalue weighted by Gasteiger charge is 1.98. The lowest BCUT2D eigenvalue weighted by molar-refractivity contribution is 0.669. The van der Waals surface area contributed by atoms with E-state index in [2.05, 4.69) is 26.8 Å². The van der Waals surface area contributed by atoms with Gasteiger partial charge in [0.2, 0.25) is 0 Å². The maximum absolute atomic E-state index is 11.3. The molecule has 12 heavy (non-hydrogen) atoms. The van der Waals surface area contributed by atoms with E-state index in [-0.39, 0.29) is 5.56 Å². The second kappa shape index (κ2) is 4.07. The van der Waals surface area contributed by atoms with Crippen LogP contribution in [-0.2, 0) is 6.54 Å². The van der Waals surface area contributed by atoms with E-state index in [1.165, 1.54) is 17.1 Å². The van der Waals surface area contributed by atoms with Gasteiger partial charge in [-0.25, -0.2) is 4.98 Å². The van der Waals surface area contributed by atoms with Crippen molar-refractivity contribution in [3.05, 3.63) is 27.4 Å². The molecule has 1 rings (SSSR count). The van der Waals surface area contributed by atoms with E-state index in [0.29, 0.717) is 17.4 Å². The number of hydrogen-bond acceptors (Lipinski definition) is 2. The van der Waals surface area contributed by atoms with Crippen molar-refractivity contribution in [2.75, 3.05) is 0 Å². The molecule has 1 aromatic rings. The van der Waals surface area contributed by atoms with Gasteiger partial charge in [-0.3, -0.25) is 9.36 Å². The molecular formula is C8H7BrN2O. The molecular weight excluding hydrogens is 220 g/mol. The highest BCUT2D eigenvalue weighted by atomic mass is 79.9. The van der Waals surface area contributed by atoms with Crippen LogP contribution in [-0.4, -0.2) is 9.55 Å². The Morgan fingerprint density at radius 1 is 1.75 bits per heavy atom. The van der Waals surface area contributed by atoms with E-state index < -0.39 is 0 Å². The first-order chi connectivity index (χ1) is 5.75. The number of terminal acetylenes is 1. The van der Waals surface area contributed by atoms with E-state index in [4.69, 9.17) is 6.42 Å². The summed E-state index contributed by atoms with van der Waals surface area (Å²) in [5.74, 6) is 2.46. The first-order valence-corrected chi connectivity index (χ1v) is 4.18. The van der Waals surface area contributed by atoms with Gasteiger partial charge in [0.15, 0.2) is 0 Å². The molecule has 0 aliphatic rings. The topological polar surface area (TPSA) is 34.9 Å². The Labute approximate surface area is 78.6 Å². The summed E-state index contributed by atoms with van der Waals surface area (Å²) in [4.78, 5) is 15.1. The zero-order chi connectivity index (χ0) is 8.97. The second-order valence-corrected chi connectivity index (χ2v) is 3.05. The van der Waals surface area contributed by atoms with Crippen molar-refractivity contribution in [3.63, 3.8) is 0 Å². The van der Waals surface area contributed by atoms with Gasteiger partial charge in [-0.15, -0.1) is 12.3 Å². The molecule has 1 heterocycles. The van der Waals surface area contributed by atoms with Gasteiger partial charge in [0.25, 0.3) is 5.56 Å². The number of aryl methyl sites for hydroxylation is 1. The molecule has 0 N–H and O–H groups in total. The van der Waals surface area contributed by atoms with E-state index in [1.807, 2.05) is 0 Å². The third kappa shape index (κ3) is 1.95. The molecule has 0 atom stereocenters. The van der Waals surface area contributed by atoms with Crippen LogP contribution < -0.4 is 5.56 Å². The van der Waals surface area contributed by atoms with Crippen molar-refractivity contribution in [3.8, 4) is 12.3 Å². The SMILES string of the molecule is C#CCCn1cncc(Br)c1=O. The summed E-state index contributed by atoms with van der Waals surface area (Å²) in [6.45, 7) is 0.516. The lowest BCUT2D eigenvalue weighted by atomic mass is 10.4. The molecule has 0 radical (unpaired) electrons. The summed E-state index contributed by atoms with van der Waals surface area (Å²) in [5, 5.41) is 0. The van der Waals surface area contributed by atoms with Crippen molar-refractivity contribution in [2.45, 2.75) is 13.0 Å². The highest BCUT2D eigenvalue weighted by Crippen LogP contribution is 1.98. The van der Waals surface area contributed by atoms with Crippen LogP contribution in [0.2, 0.25) is 0 Å². The van der Waals surface area contributed by atoms with Gasteiger partial charge < -0.3 is 0 Å². The summed E-state index contributed by atoms with van der Waals surface area (Å²) in [5.41, 5.74) is -0.0970. The van der Waals surface area contributed by atoms with Gasteiger partial charge >= 0.3 is 0 Å². The largest absolute Gasteiger partial charge is 0.297 e. The normalized spacial score (nSPS) is 9.33. The van der Waals surface area contributed by atoms with Crippen LogP contribution in [0.3, 0.4) is 0 Å². The Kier molecular flexibility index (Phi) is 3.06. The Balaban J connectivity index is 2.95. The quantitative estimate of drug-likeness (QED) is 0.707. The highest BCUT2D eigenvalue weighted by molar-refractivity contribution is 9.10. The first kappa shape index (κ1) is 9.01. The molecule has 0 unspecified atom stereocenters. The molecule has 0 fully saturated rings. The number of halogens is 1. The molecule has 4 heteroatoms. The number of nitrogens with zero attached hydrogens (tertiary/aromatic N) is 2. The van der Waals surface area contributed by atoms with Crippen LogP contribution >= 0.6 is 15.9 Å². The minimum absolute atomic E-state index is 0.0970. The lowest BCUT2D eigenvalue weighted by Crippen LogP contribution is -2.20. The molecule has 0 saturated heterocycles. The van der Waals surface area contributed by atoms with Gasteiger partial charge in [0.1, 0.15) is 4.47 Å². The van der Waals surface area contributed by atoms with Crippen molar-refractivity contribution in [1.29, 1.82) is 0 Å². The lowest BCUT2D eigenvalue weighted by Gasteiger charge is -2.00. The number of hydrogen-bond donors (Lipinski definition) is 0. The smallest absolute Gasteiger partial charge is 0.267 e. The predicted octanol–water partition coefficient (Wildman–Crippen LogP) is 1.03. The third-order valence-electron chi connectivity index (χ3n) is 1.36. The molecule has 62 valence electrons. The monoisotopic (exact) mass is 226 g/mol. The summed E-state index contributed by atoms with van der Waals surface area (Å²) in [6, 6.07) is 0. The van der Waals surface area contributed by atoms with E-state index in [0.717, 1.165) is 0 Å². The molecule has 0 aliphatic heterocycles. The third-order valence-corrected chi connectivity index (χ3v) is 1.90. The Bertz CT molecular complexity index is 364. The van der Waals surface area contributed by atoms with Crippen LogP contribution in [0.1, 0.15) is 6.42 Å². The standard InChI is InChI=1S/C8H7BrN2O/c1-2-3-4-11-6-10-5-7(9)8(11)12/h1,5-6H,3-4H2. The van der Waals surface area contributed by atoms with Gasteiger partial charge in [0, 0.05) is 19.2 Å². The predicted molar refractivity (Wildman–Crippen MR) is 49.6 cm³/mol. The van der Waals surface area contributed by atoms with Crippen molar-refractivity contribution < 1.29 is 0 Å². The molecule has 0 bridgehead atoms. The number of aromatic nitrogens is 2. The Hall–Kier alpha value is -1.08. The minimum Gasteiger partial charge on any atom is -0.297 e. The van der Waals surface area contributed by atoms with Crippen molar-refractivity contribution >= 4 is 15.9 Å². The zero-order valence-electron chi connectivity index (χ0n) is 6.33. The summed E-state index contributed by atoms with van der Waals surface area (Å²) in [6.07, 6.45) is 8.55. The van der Waals surface area contributed by atoms with E-state index in [9.17, 15) is 4.79 Å². The van der Waals surface area contributed by atoms with Crippen LogP contribution in [0.25, 0.3) is 0 Å². The second-order valence-electron chi connectivity index (χ2n) is 2.19. The zero-order valence-corrected chi connectivity index (χ0v) is 7.91. The van der Waals surface area contributed by atoms with Crippen LogP contribution in [0.5, 0.6) is 0 Å². The molecule has 1 aromatic heterocycles. The maximum Gasteiger partial charge on any atom is 0.267 e. The summed E-state index contributed by atoms with van der Waals surface area (Å²) >= 11 is 3.09. The molecule has 0 aliphatic carbocycles. The molecule has 3 nitrogen and oxygen atoms in total. The van der Waals surface area contributed by atoms with Crippen LogP contribution in [0.4, 0.5) is 0 Å². The van der Waals surface area contributed by atoms with E-state index in [1.54, 1.807) is 0 Å². The number of rotatable bonds is 2. The van der Waals surface area contributed by atoms with Crippen molar-refractivity contribution in [1.82, 2.24) is 9.55 Å². The average molecular weight is 227 g/mol. The van der Waals surface area contributed by atoms with Gasteiger partial charge in [-0.05, 0) is 15.9 Å². The average Bonchev–Trinajstić information content (AvgIpc) is 2.08. The van der Waals surface area contributed by atoms with E-state index >= 15 is 0 Å². The Morgan fingerprint density at radius 2 is 2.50 bits per heavy atom. The Morgan fingerprint density at radius 3 is 3.17 bits per heavy atom. The minimum atomic E-state index is -0.0970. The van der Waals surface area contributed by atoms with Crippen LogP contribution in [0.15, 0.2) is 21.8 Å². The first-order valence-electron chi connectivity index (χ1n) is 3.39. The molecule has 0 saturated carbocycles. The maximum atomic E-state index is 11.3. The fourth-order valence-corrected chi connectivity index (χ4v) is 1.11. The van der Waals surface area contributed by atoms with Gasteiger partial charge in [-0.1, -0.05) is 0 Å². The summed E-state index contributed by atoms with van der Waals surface area (Å²) in [7, 11) is 0. The fraction of sp³-hybridized carbons (Fsp3) is 0.250. The molecule has 0 amide bonds. The van der Waals surface area contributed by atoms with Gasteiger partial charge in [-0.2, -0.15) is 0 Å². The van der Waals surface area contributed by atoms with Crippen molar-refractivity contribution in [2.24, 2.45) is 0 Å². The summed E-state index contributed by atoms with van der Waals surface area (Å²) < 4.78 is 1.94. The fourth-order valence-electron chi connectivity index (χ4n) is 0.768. The molecule has 0 spiro atoms. The molecule has 0 aromatic carbocycles.